The zero-order chi connectivity index (χ0) is 14.1. The molecule has 0 radical (unpaired) electrons. The van der Waals surface area contributed by atoms with Crippen LogP contribution in [0, 0.1) is 0 Å². The molecule has 5 nitrogen and oxygen atoms in total. The molecule has 104 valence electrons. The summed E-state index contributed by atoms with van der Waals surface area (Å²) >= 11 is 0. The van der Waals surface area contributed by atoms with Gasteiger partial charge in [0.05, 0.1) is 12.2 Å². The molecule has 0 saturated heterocycles. The lowest BCUT2D eigenvalue weighted by Gasteiger charge is -2.34. The largest absolute Gasteiger partial charge is 0.368 e. The number of nitrogens with zero attached hydrogens (tertiary/aromatic N) is 3. The van der Waals surface area contributed by atoms with Crippen LogP contribution in [-0.2, 0) is 31.4 Å². The minimum Gasteiger partial charge on any atom is -0.368 e. The molecule has 1 unspecified atom stereocenters. The summed E-state index contributed by atoms with van der Waals surface area (Å²) in [6.07, 6.45) is 4.49. The van der Waals surface area contributed by atoms with E-state index in [9.17, 15) is 4.79 Å². The summed E-state index contributed by atoms with van der Waals surface area (Å²) in [5.74, 6) is -0.261. The fourth-order valence-electron chi connectivity index (χ4n) is 2.81. The molecule has 1 aliphatic rings. The van der Waals surface area contributed by atoms with Gasteiger partial charge < -0.3 is 5.73 Å². The second kappa shape index (κ2) is 5.09. The molecule has 1 aliphatic heterocycles. The van der Waals surface area contributed by atoms with Crippen LogP contribution < -0.4 is 5.73 Å². The van der Waals surface area contributed by atoms with Gasteiger partial charge in [0.25, 0.3) is 0 Å². The van der Waals surface area contributed by atoms with E-state index in [-0.39, 0.29) is 11.9 Å². The maximum atomic E-state index is 11.7. The first-order valence-electron chi connectivity index (χ1n) is 6.71. The van der Waals surface area contributed by atoms with E-state index in [4.69, 9.17) is 5.73 Å². The predicted octanol–water partition coefficient (Wildman–Crippen LogP) is 0.832. The van der Waals surface area contributed by atoms with E-state index in [0.29, 0.717) is 13.0 Å². The average molecular weight is 270 g/mol. The molecular weight excluding hydrogens is 252 g/mol. The lowest BCUT2D eigenvalue weighted by molar-refractivity contribution is -0.124. The van der Waals surface area contributed by atoms with Crippen molar-refractivity contribution in [2.45, 2.75) is 25.6 Å². The van der Waals surface area contributed by atoms with Gasteiger partial charge in [-0.15, -0.1) is 0 Å². The molecule has 0 aliphatic carbocycles. The summed E-state index contributed by atoms with van der Waals surface area (Å²) in [6, 6.07) is 7.99. The number of carbonyl (C=O) groups excluding carboxylic acids is 1. The summed E-state index contributed by atoms with van der Waals surface area (Å²) in [4.78, 5) is 13.9. The smallest absolute Gasteiger partial charge is 0.235 e. The lowest BCUT2D eigenvalue weighted by Crippen LogP contribution is -2.48. The van der Waals surface area contributed by atoms with Gasteiger partial charge in [-0.2, -0.15) is 5.10 Å². The van der Waals surface area contributed by atoms with Crippen LogP contribution in [-0.4, -0.2) is 26.6 Å². The fourth-order valence-corrected chi connectivity index (χ4v) is 2.81. The Morgan fingerprint density at radius 1 is 1.40 bits per heavy atom. The van der Waals surface area contributed by atoms with E-state index < -0.39 is 0 Å². The second-order valence-corrected chi connectivity index (χ2v) is 5.32. The molecule has 1 aromatic carbocycles. The highest BCUT2D eigenvalue weighted by atomic mass is 16.1. The molecule has 2 N–H and O–H groups in total. The van der Waals surface area contributed by atoms with Crippen LogP contribution in [0.5, 0.6) is 0 Å². The molecule has 0 fully saturated rings. The Bertz CT molecular complexity index is 634. The first kappa shape index (κ1) is 12.9. The van der Waals surface area contributed by atoms with Crippen molar-refractivity contribution in [2.24, 2.45) is 12.8 Å². The third kappa shape index (κ3) is 2.44. The van der Waals surface area contributed by atoms with Gasteiger partial charge in [0.2, 0.25) is 5.91 Å². The number of benzene rings is 1. The number of primary amides is 1. The van der Waals surface area contributed by atoms with Crippen molar-refractivity contribution < 1.29 is 4.79 Å². The van der Waals surface area contributed by atoms with Crippen LogP contribution in [0.25, 0.3) is 0 Å². The van der Waals surface area contributed by atoms with E-state index in [1.165, 1.54) is 11.1 Å². The van der Waals surface area contributed by atoms with E-state index in [0.717, 1.165) is 12.1 Å². The highest BCUT2D eigenvalue weighted by Crippen LogP contribution is 2.24. The Hall–Kier alpha value is -2.14. The van der Waals surface area contributed by atoms with E-state index in [1.807, 2.05) is 31.6 Å². The molecule has 1 aromatic heterocycles. The number of nitrogens with two attached hydrogens (primary N) is 1. The van der Waals surface area contributed by atoms with Crippen LogP contribution in [0.15, 0.2) is 36.7 Å². The predicted molar refractivity (Wildman–Crippen MR) is 75.6 cm³/mol. The second-order valence-electron chi connectivity index (χ2n) is 5.32. The minimum atomic E-state index is -0.261. The van der Waals surface area contributed by atoms with E-state index in [2.05, 4.69) is 22.1 Å². The van der Waals surface area contributed by atoms with E-state index >= 15 is 0 Å². The third-order valence-corrected chi connectivity index (χ3v) is 3.82. The molecule has 5 heteroatoms. The monoisotopic (exact) mass is 270 g/mol. The van der Waals surface area contributed by atoms with Gasteiger partial charge in [0, 0.05) is 31.9 Å². The number of aromatic nitrogens is 2. The van der Waals surface area contributed by atoms with Crippen LogP contribution in [0.4, 0.5) is 0 Å². The molecule has 0 saturated carbocycles. The quantitative estimate of drug-likeness (QED) is 0.898. The fraction of sp³-hybridized carbons (Fsp3) is 0.333. The summed E-state index contributed by atoms with van der Waals surface area (Å²) in [6.45, 7) is 1.44. The van der Waals surface area contributed by atoms with Crippen molar-refractivity contribution >= 4 is 5.91 Å². The molecule has 1 amide bonds. The standard InChI is InChI=1S/C15H18N4O/c1-18-8-11(7-17-18)9-19-10-13-5-3-2-4-12(13)6-14(19)15(16)20/h2-5,7-8,14H,6,9-10H2,1H3,(H2,16,20). The molecule has 3 rings (SSSR count). The number of hydrogen-bond donors (Lipinski definition) is 1. The highest BCUT2D eigenvalue weighted by molar-refractivity contribution is 5.80. The summed E-state index contributed by atoms with van der Waals surface area (Å²) in [5, 5.41) is 4.17. The molecule has 0 bridgehead atoms. The number of hydrogen-bond acceptors (Lipinski definition) is 3. The van der Waals surface area contributed by atoms with Crippen LogP contribution in [0.2, 0.25) is 0 Å². The Kier molecular flexibility index (Phi) is 3.28. The van der Waals surface area contributed by atoms with E-state index in [1.54, 1.807) is 4.68 Å². The first-order valence-corrected chi connectivity index (χ1v) is 6.71. The van der Waals surface area contributed by atoms with Crippen LogP contribution >= 0.6 is 0 Å². The normalized spacial score (nSPS) is 18.8. The van der Waals surface area contributed by atoms with Gasteiger partial charge in [-0.1, -0.05) is 24.3 Å². The number of rotatable bonds is 3. The Morgan fingerprint density at radius 2 is 2.15 bits per heavy atom. The van der Waals surface area contributed by atoms with Crippen LogP contribution in [0.3, 0.4) is 0 Å². The lowest BCUT2D eigenvalue weighted by atomic mass is 9.93. The van der Waals surface area contributed by atoms with Gasteiger partial charge in [-0.25, -0.2) is 0 Å². The summed E-state index contributed by atoms with van der Waals surface area (Å²) in [5.41, 5.74) is 9.16. The van der Waals surface area contributed by atoms with Gasteiger partial charge in [-0.3, -0.25) is 14.4 Å². The van der Waals surface area contributed by atoms with Crippen molar-refractivity contribution in [1.82, 2.24) is 14.7 Å². The molecular formula is C15H18N4O. The zero-order valence-corrected chi connectivity index (χ0v) is 11.5. The van der Waals surface area contributed by atoms with Gasteiger partial charge in [-0.05, 0) is 17.5 Å². The molecule has 1 atom stereocenters. The van der Waals surface area contributed by atoms with Crippen molar-refractivity contribution in [2.75, 3.05) is 0 Å². The maximum Gasteiger partial charge on any atom is 0.235 e. The van der Waals surface area contributed by atoms with Gasteiger partial charge >= 0.3 is 0 Å². The van der Waals surface area contributed by atoms with Crippen molar-refractivity contribution in [3.05, 3.63) is 53.3 Å². The Labute approximate surface area is 118 Å². The van der Waals surface area contributed by atoms with Crippen molar-refractivity contribution in [3.8, 4) is 0 Å². The summed E-state index contributed by atoms with van der Waals surface area (Å²) < 4.78 is 1.77. The number of amides is 1. The minimum absolute atomic E-state index is 0.245. The number of carbonyl (C=O) groups is 1. The SMILES string of the molecule is Cn1cc(CN2Cc3ccccc3CC2C(N)=O)cn1. The average Bonchev–Trinajstić information content (AvgIpc) is 2.83. The maximum absolute atomic E-state index is 11.7. The molecule has 0 spiro atoms. The highest BCUT2D eigenvalue weighted by Gasteiger charge is 2.29. The van der Waals surface area contributed by atoms with Gasteiger partial charge in [0.15, 0.2) is 0 Å². The number of fused-ring (bicyclic) bond motifs is 1. The summed E-state index contributed by atoms with van der Waals surface area (Å²) in [7, 11) is 1.89. The Balaban J connectivity index is 1.86. The number of aryl methyl sites for hydroxylation is 1. The topological polar surface area (TPSA) is 64.2 Å². The first-order chi connectivity index (χ1) is 9.63. The zero-order valence-electron chi connectivity index (χ0n) is 11.5. The molecule has 20 heavy (non-hydrogen) atoms. The van der Waals surface area contributed by atoms with Crippen molar-refractivity contribution in [1.29, 1.82) is 0 Å². The molecule has 2 aromatic rings. The Morgan fingerprint density at radius 3 is 2.80 bits per heavy atom. The van der Waals surface area contributed by atoms with Crippen LogP contribution in [0.1, 0.15) is 16.7 Å². The third-order valence-electron chi connectivity index (χ3n) is 3.82. The molecule has 2 heterocycles. The van der Waals surface area contributed by atoms with Crippen molar-refractivity contribution in [3.63, 3.8) is 0 Å². The van der Waals surface area contributed by atoms with Gasteiger partial charge in [0.1, 0.15) is 0 Å².